The number of carbonyl (C=O) groups is 1. The van der Waals surface area contributed by atoms with Gasteiger partial charge in [-0.05, 0) is 82.5 Å². The molecule has 6 aromatic rings. The van der Waals surface area contributed by atoms with Crippen molar-refractivity contribution in [1.82, 2.24) is 14.6 Å². The highest BCUT2D eigenvalue weighted by atomic mass is 19.1. The molecule has 3 heterocycles. The number of allylic oxidation sites excluding steroid dienone is 2. The van der Waals surface area contributed by atoms with Crippen LogP contribution in [0, 0.1) is 25.5 Å². The summed E-state index contributed by atoms with van der Waals surface area (Å²) in [6.07, 6.45) is 9.38. The lowest BCUT2D eigenvalue weighted by molar-refractivity contribution is 0.101. The molecule has 0 N–H and O–H groups in total. The molecule has 7 heteroatoms. The highest BCUT2D eigenvalue weighted by molar-refractivity contribution is 5.95. The minimum atomic E-state index is -0.808. The number of rotatable bonds is 5. The van der Waals surface area contributed by atoms with E-state index >= 15 is 0 Å². The van der Waals surface area contributed by atoms with Gasteiger partial charge in [0.05, 0.1) is 22.3 Å². The molecular weight excluding hydrogens is 578 g/mol. The fourth-order valence-electron chi connectivity index (χ4n) is 4.81. The summed E-state index contributed by atoms with van der Waals surface area (Å²) in [7, 11) is 0. The van der Waals surface area contributed by atoms with Gasteiger partial charge in [-0.25, -0.2) is 13.3 Å². The van der Waals surface area contributed by atoms with Gasteiger partial charge >= 0.3 is 0 Å². The normalized spacial score (nSPS) is 10.8. The Balaban J connectivity index is 0.000000180. The molecule has 0 aliphatic rings. The van der Waals surface area contributed by atoms with Gasteiger partial charge in [-0.1, -0.05) is 72.3 Å². The molecule has 0 saturated carbocycles. The van der Waals surface area contributed by atoms with E-state index in [-0.39, 0.29) is 0 Å². The molecule has 6 rings (SSSR count). The molecule has 0 amide bonds. The second-order valence-corrected chi connectivity index (χ2v) is 10.8. The molecule has 0 fully saturated rings. The Morgan fingerprint density at radius 1 is 0.826 bits per heavy atom. The quantitative estimate of drug-likeness (QED) is 0.110. The smallest absolute Gasteiger partial charge is 0.165 e. The molecule has 46 heavy (non-hydrogen) atoms. The van der Waals surface area contributed by atoms with Gasteiger partial charge in [0.1, 0.15) is 17.3 Å². The average molecular weight is 615 g/mol. The molecule has 0 bridgehead atoms. The highest BCUT2D eigenvalue weighted by Gasteiger charge is 2.18. The number of halogens is 2. The van der Waals surface area contributed by atoms with Crippen molar-refractivity contribution in [3.63, 3.8) is 0 Å². The van der Waals surface area contributed by atoms with Gasteiger partial charge in [-0.15, -0.1) is 0 Å². The molecule has 5 nitrogen and oxygen atoms in total. The number of hydrogen-bond acceptors (Lipinski definition) is 4. The lowest BCUT2D eigenvalue weighted by Crippen LogP contribution is -2.00. The van der Waals surface area contributed by atoms with Crippen LogP contribution >= 0.6 is 0 Å². The van der Waals surface area contributed by atoms with Crippen LogP contribution in [0.15, 0.2) is 127 Å². The Morgan fingerprint density at radius 2 is 1.54 bits per heavy atom. The summed E-state index contributed by atoms with van der Waals surface area (Å²) in [4.78, 5) is 19.4. The number of Topliss-reactive ketones (excluding diaryl/α,β-unsaturated/α-hetero) is 1. The Kier molecular flexibility index (Phi) is 11.2. The second kappa shape index (κ2) is 15.4. The molecule has 0 unspecified atom stereocenters. The lowest BCUT2D eigenvalue weighted by Gasteiger charge is -2.06. The van der Waals surface area contributed by atoms with Gasteiger partial charge in [0.2, 0.25) is 0 Å². The molecule has 3 aromatic heterocycles. The second-order valence-electron chi connectivity index (χ2n) is 10.8. The number of aliphatic imine (C=N–C) groups is 1. The zero-order chi connectivity index (χ0) is 33.2. The van der Waals surface area contributed by atoms with Crippen LogP contribution in [-0.4, -0.2) is 26.1 Å². The minimum absolute atomic E-state index is 0.465. The summed E-state index contributed by atoms with van der Waals surface area (Å²) in [6, 6.07) is 26.2. The molecule has 0 saturated heterocycles. The van der Waals surface area contributed by atoms with E-state index < -0.39 is 23.0 Å². The number of benzene rings is 3. The van der Waals surface area contributed by atoms with Crippen molar-refractivity contribution in [3.8, 4) is 11.3 Å². The van der Waals surface area contributed by atoms with Crippen molar-refractivity contribution < 1.29 is 13.6 Å². The lowest BCUT2D eigenvalue weighted by atomic mass is 10.0. The number of ketones is 1. The molecular formula is C39H36F2N4O. The Morgan fingerprint density at radius 3 is 2.20 bits per heavy atom. The van der Waals surface area contributed by atoms with E-state index in [0.717, 1.165) is 52.8 Å². The van der Waals surface area contributed by atoms with Crippen LogP contribution in [-0.2, 0) is 0 Å². The van der Waals surface area contributed by atoms with Crippen molar-refractivity contribution in [2.45, 2.75) is 34.6 Å². The van der Waals surface area contributed by atoms with E-state index in [1.54, 1.807) is 6.08 Å². The van der Waals surface area contributed by atoms with Crippen LogP contribution < -0.4 is 0 Å². The number of nitrogens with zero attached hydrogens (tertiary/aromatic N) is 4. The van der Waals surface area contributed by atoms with Gasteiger partial charge in [0.25, 0.3) is 0 Å². The summed E-state index contributed by atoms with van der Waals surface area (Å²) >= 11 is 0. The SMILES string of the molecule is C=C/C=C(\N=C(C)C)c1c(-c2cccc(C)c2)nn2ccccc12.CC(=O)c1c(F)cccc1F.Cc1ccc2cnccc2c1. The number of aryl methyl sites for hydroxylation is 2. The van der Waals surface area contributed by atoms with E-state index in [0.29, 0.717) is 0 Å². The third kappa shape index (κ3) is 8.33. The monoisotopic (exact) mass is 614 g/mol. The van der Waals surface area contributed by atoms with Crippen LogP contribution in [0.5, 0.6) is 0 Å². The molecule has 0 radical (unpaired) electrons. The fraction of sp³-hybridized carbons (Fsp3) is 0.128. The van der Waals surface area contributed by atoms with Gasteiger partial charge in [-0.3, -0.25) is 14.8 Å². The fourth-order valence-corrected chi connectivity index (χ4v) is 4.81. The number of pyridine rings is 2. The van der Waals surface area contributed by atoms with Crippen LogP contribution in [0.3, 0.4) is 0 Å². The summed E-state index contributed by atoms with van der Waals surface area (Å²) in [5.41, 5.74) is 8.00. The standard InChI is InChI=1S/C21H21N3.C10H9N.C8H6F2O/c1-5-9-18(22-15(2)3)20-19-12-6-7-13-24(19)23-21(20)17-11-8-10-16(4)14-17;1-8-2-3-10-7-11-5-4-9(10)6-8;1-5(11)8-6(9)3-2-4-7(8)10/h5-14H,1H2,2-4H3;2-7H,1H3;2-4H,1H3/b18-9-;;. The highest BCUT2D eigenvalue weighted by Crippen LogP contribution is 2.33. The van der Waals surface area contributed by atoms with Gasteiger partial charge in [0, 0.05) is 35.3 Å². The predicted molar refractivity (Wildman–Crippen MR) is 185 cm³/mol. The maximum Gasteiger partial charge on any atom is 0.165 e. The van der Waals surface area contributed by atoms with Crippen LogP contribution in [0.2, 0.25) is 0 Å². The first-order valence-electron chi connectivity index (χ1n) is 14.7. The Bertz CT molecular complexity index is 2050. The largest absolute Gasteiger partial charge is 0.294 e. The number of aromatic nitrogens is 3. The van der Waals surface area contributed by atoms with Crippen LogP contribution in [0.1, 0.15) is 47.8 Å². The average Bonchev–Trinajstić information content (AvgIpc) is 3.41. The number of hydrogen-bond donors (Lipinski definition) is 0. The van der Waals surface area contributed by atoms with E-state index in [2.05, 4.69) is 73.9 Å². The first-order valence-corrected chi connectivity index (χ1v) is 14.7. The van der Waals surface area contributed by atoms with Crippen molar-refractivity contribution in [2.24, 2.45) is 4.99 Å². The van der Waals surface area contributed by atoms with E-state index in [9.17, 15) is 13.6 Å². The molecule has 232 valence electrons. The molecule has 0 spiro atoms. The van der Waals surface area contributed by atoms with E-state index in [1.165, 1.54) is 28.0 Å². The Hall–Kier alpha value is -5.56. The molecule has 3 aromatic carbocycles. The van der Waals surface area contributed by atoms with E-state index in [1.807, 2.05) is 61.2 Å². The predicted octanol–water partition coefficient (Wildman–Crippen LogP) is 10.0. The van der Waals surface area contributed by atoms with Gasteiger partial charge in [0.15, 0.2) is 5.78 Å². The topological polar surface area (TPSA) is 59.6 Å². The summed E-state index contributed by atoms with van der Waals surface area (Å²) in [5, 5.41) is 7.28. The van der Waals surface area contributed by atoms with Crippen LogP contribution in [0.4, 0.5) is 8.78 Å². The minimum Gasteiger partial charge on any atom is -0.294 e. The van der Waals surface area contributed by atoms with Crippen molar-refractivity contribution >= 4 is 33.5 Å². The van der Waals surface area contributed by atoms with E-state index in [4.69, 9.17) is 10.1 Å². The summed E-state index contributed by atoms with van der Waals surface area (Å²) in [5.74, 6) is -2.21. The van der Waals surface area contributed by atoms with Crippen molar-refractivity contribution in [1.29, 1.82) is 0 Å². The first-order chi connectivity index (χ1) is 22.1. The first kappa shape index (κ1) is 33.3. The number of carbonyl (C=O) groups excluding carboxylic acids is 1. The molecule has 0 aliphatic heterocycles. The van der Waals surface area contributed by atoms with Gasteiger partial charge in [-0.2, -0.15) is 5.10 Å². The zero-order valence-electron chi connectivity index (χ0n) is 26.6. The third-order valence-corrected chi connectivity index (χ3v) is 6.82. The maximum absolute atomic E-state index is 12.6. The Labute approximate surface area is 268 Å². The third-order valence-electron chi connectivity index (χ3n) is 6.82. The number of fused-ring (bicyclic) bond motifs is 2. The molecule has 0 aliphatic carbocycles. The van der Waals surface area contributed by atoms with Crippen molar-refractivity contribution in [3.05, 3.63) is 156 Å². The summed E-state index contributed by atoms with van der Waals surface area (Å²) in [6.45, 7) is 13.1. The summed E-state index contributed by atoms with van der Waals surface area (Å²) < 4.78 is 27.2. The van der Waals surface area contributed by atoms with Crippen LogP contribution in [0.25, 0.3) is 33.2 Å². The maximum atomic E-state index is 12.6. The van der Waals surface area contributed by atoms with Gasteiger partial charge < -0.3 is 0 Å². The van der Waals surface area contributed by atoms with Crippen molar-refractivity contribution in [2.75, 3.05) is 0 Å². The zero-order valence-corrected chi connectivity index (χ0v) is 26.6. The molecule has 0 atom stereocenters.